The van der Waals surface area contributed by atoms with E-state index in [9.17, 15) is 9.18 Å². The predicted octanol–water partition coefficient (Wildman–Crippen LogP) is 6.33. The number of carbonyl (C=O) groups is 1. The van der Waals surface area contributed by atoms with Crippen LogP contribution in [0.5, 0.6) is 0 Å². The molecule has 224 valence electrons. The second-order valence-corrected chi connectivity index (χ2v) is 11.6. The first-order chi connectivity index (χ1) is 21.2. The smallest absolute Gasteiger partial charge is 0.224 e. The van der Waals surface area contributed by atoms with Gasteiger partial charge in [-0.1, -0.05) is 13.8 Å². The third-order valence-corrected chi connectivity index (χ3v) is 7.22. The molecule has 0 saturated carbocycles. The van der Waals surface area contributed by atoms with Crippen LogP contribution in [0.25, 0.3) is 55.7 Å². The second kappa shape index (κ2) is 12.2. The zero-order chi connectivity index (χ0) is 30.8. The van der Waals surface area contributed by atoms with Gasteiger partial charge in [-0.3, -0.25) is 19.9 Å². The predicted molar refractivity (Wildman–Crippen MR) is 173 cm³/mol. The number of rotatable bonds is 10. The minimum Gasteiger partial charge on any atom is -0.384 e. The first-order valence-electron chi connectivity index (χ1n) is 14.5. The lowest BCUT2D eigenvalue weighted by atomic mass is 10.0. The average Bonchev–Trinajstić information content (AvgIpc) is 3.60. The number of aromatic nitrogens is 6. The van der Waals surface area contributed by atoms with Crippen LogP contribution in [0.3, 0.4) is 0 Å². The van der Waals surface area contributed by atoms with Crippen LogP contribution in [0.2, 0.25) is 0 Å². The van der Waals surface area contributed by atoms with Crippen LogP contribution < -0.4 is 10.6 Å². The largest absolute Gasteiger partial charge is 0.384 e. The summed E-state index contributed by atoms with van der Waals surface area (Å²) in [5.41, 5.74) is 7.95. The quantitative estimate of drug-likeness (QED) is 0.147. The van der Waals surface area contributed by atoms with E-state index in [1.807, 2.05) is 58.3 Å². The van der Waals surface area contributed by atoms with E-state index in [1.165, 1.54) is 12.1 Å². The second-order valence-electron chi connectivity index (χ2n) is 11.6. The zero-order valence-corrected chi connectivity index (χ0v) is 25.1. The molecule has 6 aromatic rings. The minimum absolute atomic E-state index is 0.0535. The number of nitrogens with one attached hydrogen (secondary N) is 4. The lowest BCUT2D eigenvalue weighted by molar-refractivity contribution is -0.116. The normalized spacial score (nSPS) is 11.6. The molecule has 44 heavy (non-hydrogen) atoms. The Balaban J connectivity index is 1.33. The molecule has 0 spiro atoms. The first kappa shape index (κ1) is 28.9. The van der Waals surface area contributed by atoms with Gasteiger partial charge in [0.2, 0.25) is 5.91 Å². The molecule has 1 aromatic carbocycles. The summed E-state index contributed by atoms with van der Waals surface area (Å²) in [5, 5.41) is 14.8. The van der Waals surface area contributed by atoms with E-state index in [2.05, 4.69) is 40.7 Å². The van der Waals surface area contributed by atoms with Crippen molar-refractivity contribution in [2.24, 2.45) is 5.92 Å². The lowest BCUT2D eigenvalue weighted by Gasteiger charge is -2.13. The minimum atomic E-state index is -0.323. The van der Waals surface area contributed by atoms with Crippen LogP contribution >= 0.6 is 0 Å². The molecule has 0 fully saturated rings. The molecule has 0 aliphatic rings. The van der Waals surface area contributed by atoms with Crippen molar-refractivity contribution in [3.8, 4) is 33.8 Å². The standard InChI is InChI=1S/C33H34FN9O/c1-19(2)9-31(44)38-24-12-21(15-35-16-24)27-5-6-28-32(40-27)33(42-41-28)29-14-25-26(17-36-18-30(25)39-29)20-10-22(34)13-23(11-20)37-7-8-43(3)4/h5-6,10-19,37,39H,7-9H2,1-4H3,(H,38,44)(H,41,42). The Morgan fingerprint density at radius 1 is 0.955 bits per heavy atom. The number of hydrogen-bond donors (Lipinski definition) is 4. The van der Waals surface area contributed by atoms with Gasteiger partial charge in [0.1, 0.15) is 17.0 Å². The highest BCUT2D eigenvalue weighted by atomic mass is 19.1. The van der Waals surface area contributed by atoms with Gasteiger partial charge in [-0.05, 0) is 68.0 Å². The molecule has 5 aromatic heterocycles. The van der Waals surface area contributed by atoms with Gasteiger partial charge in [-0.15, -0.1) is 0 Å². The maximum Gasteiger partial charge on any atom is 0.224 e. The van der Waals surface area contributed by atoms with E-state index >= 15 is 0 Å². The Morgan fingerprint density at radius 3 is 2.59 bits per heavy atom. The van der Waals surface area contributed by atoms with Gasteiger partial charge in [-0.25, -0.2) is 9.37 Å². The molecule has 4 N–H and O–H groups in total. The van der Waals surface area contributed by atoms with Crippen LogP contribution in [-0.2, 0) is 4.79 Å². The number of amides is 1. The number of anilines is 2. The Morgan fingerprint density at radius 2 is 1.77 bits per heavy atom. The number of benzene rings is 1. The Labute approximate surface area is 254 Å². The molecule has 11 heteroatoms. The van der Waals surface area contributed by atoms with E-state index < -0.39 is 0 Å². The maximum absolute atomic E-state index is 14.7. The average molecular weight is 592 g/mol. The summed E-state index contributed by atoms with van der Waals surface area (Å²) in [5.74, 6) is -0.120. The molecule has 0 atom stereocenters. The third-order valence-electron chi connectivity index (χ3n) is 7.22. The zero-order valence-electron chi connectivity index (χ0n) is 25.1. The van der Waals surface area contributed by atoms with Gasteiger partial charge in [0.15, 0.2) is 0 Å². The number of nitrogens with zero attached hydrogens (tertiary/aromatic N) is 5. The fourth-order valence-corrected chi connectivity index (χ4v) is 5.16. The van der Waals surface area contributed by atoms with Crippen molar-refractivity contribution in [1.29, 1.82) is 0 Å². The van der Waals surface area contributed by atoms with Crippen molar-refractivity contribution in [2.75, 3.05) is 37.8 Å². The first-order valence-corrected chi connectivity index (χ1v) is 14.5. The van der Waals surface area contributed by atoms with E-state index in [1.54, 1.807) is 24.8 Å². The fraction of sp³-hybridized carbons (Fsp3) is 0.242. The van der Waals surface area contributed by atoms with Crippen molar-refractivity contribution >= 4 is 39.2 Å². The Hall–Kier alpha value is -5.16. The van der Waals surface area contributed by atoms with Crippen LogP contribution in [-0.4, -0.2) is 68.1 Å². The van der Waals surface area contributed by atoms with Crippen molar-refractivity contribution in [2.45, 2.75) is 20.3 Å². The summed E-state index contributed by atoms with van der Waals surface area (Å²) in [6.07, 6.45) is 7.27. The number of fused-ring (bicyclic) bond motifs is 2. The van der Waals surface area contributed by atoms with E-state index in [0.29, 0.717) is 41.2 Å². The lowest BCUT2D eigenvalue weighted by Crippen LogP contribution is -2.20. The summed E-state index contributed by atoms with van der Waals surface area (Å²) in [7, 11) is 4.00. The number of pyridine rings is 3. The number of halogens is 1. The summed E-state index contributed by atoms with van der Waals surface area (Å²) in [4.78, 5) is 31.5. The molecule has 10 nitrogen and oxygen atoms in total. The molecule has 0 bridgehead atoms. The van der Waals surface area contributed by atoms with Crippen LogP contribution in [0, 0.1) is 11.7 Å². The highest BCUT2D eigenvalue weighted by Crippen LogP contribution is 2.35. The molecule has 0 unspecified atom stereocenters. The van der Waals surface area contributed by atoms with E-state index in [0.717, 1.165) is 45.3 Å². The van der Waals surface area contributed by atoms with Crippen molar-refractivity contribution in [3.05, 3.63) is 73.1 Å². The van der Waals surface area contributed by atoms with Crippen LogP contribution in [0.15, 0.2) is 67.3 Å². The van der Waals surface area contributed by atoms with E-state index in [-0.39, 0.29) is 17.6 Å². The molecule has 5 heterocycles. The van der Waals surface area contributed by atoms with Crippen molar-refractivity contribution < 1.29 is 9.18 Å². The maximum atomic E-state index is 14.7. The van der Waals surface area contributed by atoms with Gasteiger partial charge in [0.25, 0.3) is 0 Å². The van der Waals surface area contributed by atoms with Crippen molar-refractivity contribution in [3.63, 3.8) is 0 Å². The van der Waals surface area contributed by atoms with E-state index in [4.69, 9.17) is 4.98 Å². The van der Waals surface area contributed by atoms with Crippen LogP contribution in [0.4, 0.5) is 15.8 Å². The van der Waals surface area contributed by atoms with Crippen molar-refractivity contribution in [1.82, 2.24) is 35.0 Å². The third kappa shape index (κ3) is 6.28. The van der Waals surface area contributed by atoms with Gasteiger partial charge in [0.05, 0.1) is 40.5 Å². The Bertz CT molecular complexity index is 1960. The van der Waals surface area contributed by atoms with Crippen LogP contribution in [0.1, 0.15) is 20.3 Å². The highest BCUT2D eigenvalue weighted by Gasteiger charge is 2.17. The topological polar surface area (TPSA) is 128 Å². The fourth-order valence-electron chi connectivity index (χ4n) is 5.16. The van der Waals surface area contributed by atoms with Gasteiger partial charge < -0.3 is 20.5 Å². The number of likely N-dealkylation sites (N-methyl/N-ethyl adjacent to an activating group) is 1. The molecule has 0 radical (unpaired) electrons. The summed E-state index contributed by atoms with van der Waals surface area (Å²) >= 11 is 0. The molecular weight excluding hydrogens is 557 g/mol. The molecule has 0 aliphatic carbocycles. The van der Waals surface area contributed by atoms with Gasteiger partial charge >= 0.3 is 0 Å². The highest BCUT2D eigenvalue weighted by molar-refractivity contribution is 6.00. The number of hydrogen-bond acceptors (Lipinski definition) is 7. The molecule has 6 rings (SSSR count). The molecule has 0 saturated heterocycles. The monoisotopic (exact) mass is 591 g/mol. The summed E-state index contributed by atoms with van der Waals surface area (Å²) in [6.45, 7) is 5.53. The van der Waals surface area contributed by atoms with Gasteiger partial charge in [0, 0.05) is 54.1 Å². The number of carbonyl (C=O) groups excluding carboxylic acids is 1. The van der Waals surface area contributed by atoms with Gasteiger partial charge in [-0.2, -0.15) is 5.10 Å². The summed E-state index contributed by atoms with van der Waals surface area (Å²) < 4.78 is 14.7. The SMILES string of the molecule is CC(C)CC(=O)Nc1cncc(-c2ccc3[nH]nc(-c4cc5c(-c6cc(F)cc(NCCN(C)C)c6)cncc5[nH]4)c3n2)c1. The molecular formula is C33H34FN9O. The number of aromatic amines is 2. The molecule has 1 amide bonds. The Kier molecular flexibility index (Phi) is 8.03. The summed E-state index contributed by atoms with van der Waals surface area (Å²) in [6, 6.07) is 12.6. The molecule has 0 aliphatic heterocycles. The number of H-pyrrole nitrogens is 2.